The standard InChI is InChI=1S/C15H12N6/c1-2-6-12(7-3-1)14-11-18-21-15(19-14)20-17-10-13-8-4-5-9-16-13/h1-11H,(H,19,20,21)/b17-10-. The zero-order valence-corrected chi connectivity index (χ0v) is 11.1. The molecule has 0 aliphatic rings. The molecule has 0 aliphatic heterocycles. The van der Waals surface area contributed by atoms with E-state index in [1.165, 1.54) is 0 Å². The van der Waals surface area contributed by atoms with Crippen molar-refractivity contribution < 1.29 is 0 Å². The number of aromatic nitrogens is 4. The van der Waals surface area contributed by atoms with Gasteiger partial charge < -0.3 is 0 Å². The maximum Gasteiger partial charge on any atom is 0.263 e. The first-order valence-corrected chi connectivity index (χ1v) is 6.37. The minimum absolute atomic E-state index is 0.337. The second-order valence-electron chi connectivity index (χ2n) is 4.16. The van der Waals surface area contributed by atoms with Gasteiger partial charge in [0.05, 0.1) is 23.8 Å². The minimum atomic E-state index is 0.337. The summed E-state index contributed by atoms with van der Waals surface area (Å²) in [6.45, 7) is 0. The fourth-order valence-corrected chi connectivity index (χ4v) is 1.71. The molecule has 21 heavy (non-hydrogen) atoms. The van der Waals surface area contributed by atoms with Gasteiger partial charge in [0.1, 0.15) is 0 Å². The van der Waals surface area contributed by atoms with E-state index in [2.05, 4.69) is 30.7 Å². The van der Waals surface area contributed by atoms with Crippen LogP contribution in [0.25, 0.3) is 11.3 Å². The third kappa shape index (κ3) is 3.44. The third-order valence-corrected chi connectivity index (χ3v) is 2.68. The number of nitrogens with one attached hydrogen (secondary N) is 1. The van der Waals surface area contributed by atoms with Crippen LogP contribution in [0.15, 0.2) is 66.0 Å². The number of nitrogens with zero attached hydrogens (tertiary/aromatic N) is 5. The Hall–Kier alpha value is -3.15. The lowest BCUT2D eigenvalue weighted by Crippen LogP contribution is -2.00. The lowest BCUT2D eigenvalue weighted by atomic mass is 10.2. The van der Waals surface area contributed by atoms with Gasteiger partial charge in [-0.3, -0.25) is 4.98 Å². The van der Waals surface area contributed by atoms with E-state index in [1.807, 2.05) is 48.5 Å². The maximum absolute atomic E-state index is 4.36. The Bertz CT molecular complexity index is 727. The fourth-order valence-electron chi connectivity index (χ4n) is 1.71. The molecule has 3 aromatic rings. The normalized spacial score (nSPS) is 10.7. The molecule has 0 radical (unpaired) electrons. The summed E-state index contributed by atoms with van der Waals surface area (Å²) >= 11 is 0. The van der Waals surface area contributed by atoms with Crippen LogP contribution in [0.3, 0.4) is 0 Å². The molecule has 0 saturated carbocycles. The molecule has 1 N–H and O–H groups in total. The van der Waals surface area contributed by atoms with Crippen molar-refractivity contribution in [3.63, 3.8) is 0 Å². The van der Waals surface area contributed by atoms with Crippen molar-refractivity contribution in [3.05, 3.63) is 66.6 Å². The highest BCUT2D eigenvalue weighted by atomic mass is 15.4. The van der Waals surface area contributed by atoms with Gasteiger partial charge in [-0.2, -0.15) is 10.2 Å². The Morgan fingerprint density at radius 3 is 2.67 bits per heavy atom. The second kappa shape index (κ2) is 6.33. The van der Waals surface area contributed by atoms with Crippen molar-refractivity contribution in [2.75, 3.05) is 5.43 Å². The average molecular weight is 276 g/mol. The summed E-state index contributed by atoms with van der Waals surface area (Å²) in [6.07, 6.45) is 4.91. The molecule has 0 unspecified atom stereocenters. The van der Waals surface area contributed by atoms with Gasteiger partial charge in [0, 0.05) is 11.8 Å². The highest BCUT2D eigenvalue weighted by Crippen LogP contribution is 2.15. The van der Waals surface area contributed by atoms with Gasteiger partial charge in [-0.25, -0.2) is 10.4 Å². The van der Waals surface area contributed by atoms with Crippen LogP contribution in [-0.2, 0) is 0 Å². The molecule has 102 valence electrons. The van der Waals surface area contributed by atoms with Crippen LogP contribution in [0, 0.1) is 0 Å². The van der Waals surface area contributed by atoms with E-state index in [1.54, 1.807) is 18.6 Å². The molecule has 0 atom stereocenters. The number of pyridine rings is 1. The van der Waals surface area contributed by atoms with Gasteiger partial charge in [-0.05, 0) is 12.1 Å². The smallest absolute Gasteiger partial charge is 0.255 e. The number of hydrogen-bond acceptors (Lipinski definition) is 6. The van der Waals surface area contributed by atoms with E-state index in [9.17, 15) is 0 Å². The first-order valence-electron chi connectivity index (χ1n) is 6.37. The van der Waals surface area contributed by atoms with E-state index in [-0.39, 0.29) is 0 Å². The Morgan fingerprint density at radius 1 is 1.00 bits per heavy atom. The molecule has 3 rings (SSSR count). The van der Waals surface area contributed by atoms with Gasteiger partial charge in [-0.1, -0.05) is 36.4 Å². The number of hydrazone groups is 1. The van der Waals surface area contributed by atoms with Gasteiger partial charge in [-0.15, -0.1) is 5.10 Å². The predicted molar refractivity (Wildman–Crippen MR) is 80.7 cm³/mol. The summed E-state index contributed by atoms with van der Waals surface area (Å²) in [4.78, 5) is 8.48. The van der Waals surface area contributed by atoms with Crippen molar-refractivity contribution >= 4 is 12.2 Å². The molecule has 0 aliphatic carbocycles. The van der Waals surface area contributed by atoms with Gasteiger partial charge in [0.2, 0.25) is 0 Å². The van der Waals surface area contributed by atoms with Crippen LogP contribution in [-0.4, -0.2) is 26.4 Å². The second-order valence-corrected chi connectivity index (χ2v) is 4.16. The monoisotopic (exact) mass is 276 g/mol. The SMILES string of the molecule is C(=N/Nc1nncc(-c2ccccc2)n1)/c1ccccn1. The Labute approximate surface area is 121 Å². The highest BCUT2D eigenvalue weighted by Gasteiger charge is 2.01. The molecule has 1 aromatic carbocycles. The third-order valence-electron chi connectivity index (χ3n) is 2.68. The fraction of sp³-hybridized carbons (Fsp3) is 0. The molecule has 0 amide bonds. The molecule has 2 aromatic heterocycles. The van der Waals surface area contributed by atoms with Crippen molar-refractivity contribution in [1.82, 2.24) is 20.2 Å². The Morgan fingerprint density at radius 2 is 1.86 bits per heavy atom. The number of rotatable bonds is 4. The molecular formula is C15H12N6. The van der Waals surface area contributed by atoms with E-state index in [4.69, 9.17) is 0 Å². The van der Waals surface area contributed by atoms with Crippen molar-refractivity contribution in [3.8, 4) is 11.3 Å². The number of anilines is 1. The van der Waals surface area contributed by atoms with Crippen LogP contribution in [0.1, 0.15) is 5.69 Å². The predicted octanol–water partition coefficient (Wildman–Crippen LogP) is 2.38. The Balaban J connectivity index is 1.74. The number of hydrogen-bond donors (Lipinski definition) is 1. The summed E-state index contributed by atoms with van der Waals surface area (Å²) in [5, 5.41) is 11.9. The molecule has 6 heteroatoms. The quantitative estimate of drug-likeness (QED) is 0.585. The first-order chi connectivity index (χ1) is 10.4. The number of benzene rings is 1. The topological polar surface area (TPSA) is 76.0 Å². The van der Waals surface area contributed by atoms with Crippen LogP contribution in [0.5, 0.6) is 0 Å². The van der Waals surface area contributed by atoms with E-state index < -0.39 is 0 Å². The summed E-state index contributed by atoms with van der Waals surface area (Å²) in [7, 11) is 0. The minimum Gasteiger partial charge on any atom is -0.255 e. The van der Waals surface area contributed by atoms with Crippen LogP contribution in [0.4, 0.5) is 5.95 Å². The van der Waals surface area contributed by atoms with Crippen molar-refractivity contribution in [2.45, 2.75) is 0 Å². The van der Waals surface area contributed by atoms with E-state index in [0.717, 1.165) is 17.0 Å². The molecule has 0 saturated heterocycles. The van der Waals surface area contributed by atoms with Gasteiger partial charge in [0.25, 0.3) is 5.95 Å². The maximum atomic E-state index is 4.36. The van der Waals surface area contributed by atoms with Crippen LogP contribution >= 0.6 is 0 Å². The summed E-state index contributed by atoms with van der Waals surface area (Å²) in [5.41, 5.74) is 5.21. The first kappa shape index (κ1) is 12.9. The zero-order valence-electron chi connectivity index (χ0n) is 11.1. The van der Waals surface area contributed by atoms with Gasteiger partial charge in [0.15, 0.2) is 0 Å². The molecule has 0 fully saturated rings. The van der Waals surface area contributed by atoms with Crippen molar-refractivity contribution in [1.29, 1.82) is 0 Å². The van der Waals surface area contributed by atoms with Crippen LogP contribution in [0.2, 0.25) is 0 Å². The molecule has 6 nitrogen and oxygen atoms in total. The highest BCUT2D eigenvalue weighted by molar-refractivity contribution is 5.77. The van der Waals surface area contributed by atoms with Gasteiger partial charge >= 0.3 is 0 Å². The summed E-state index contributed by atoms with van der Waals surface area (Å²) in [5.74, 6) is 0.337. The Kier molecular flexibility index (Phi) is 3.88. The largest absolute Gasteiger partial charge is 0.263 e. The molecule has 0 spiro atoms. The van der Waals surface area contributed by atoms with Crippen molar-refractivity contribution in [2.24, 2.45) is 5.10 Å². The zero-order chi connectivity index (χ0) is 14.3. The van der Waals surface area contributed by atoms with E-state index in [0.29, 0.717) is 5.95 Å². The molecular weight excluding hydrogens is 264 g/mol. The van der Waals surface area contributed by atoms with E-state index >= 15 is 0 Å². The summed E-state index contributed by atoms with van der Waals surface area (Å²) in [6, 6.07) is 15.4. The lowest BCUT2D eigenvalue weighted by molar-refractivity contribution is 0.966. The lowest BCUT2D eigenvalue weighted by Gasteiger charge is -2.01. The summed E-state index contributed by atoms with van der Waals surface area (Å²) < 4.78 is 0. The molecule has 2 heterocycles. The molecule has 0 bridgehead atoms. The average Bonchev–Trinajstić information content (AvgIpc) is 2.57. The van der Waals surface area contributed by atoms with Crippen LogP contribution < -0.4 is 5.43 Å².